The first kappa shape index (κ1) is 19.4. The molecular weight excluding hydrogens is 367 g/mol. The fraction of sp³-hybridized carbons (Fsp3) is 0.333. The molecule has 0 unspecified atom stereocenters. The Bertz CT molecular complexity index is 785. The summed E-state index contributed by atoms with van der Waals surface area (Å²) in [4.78, 5) is 26.4. The molecule has 0 radical (unpaired) electrons. The summed E-state index contributed by atoms with van der Waals surface area (Å²) in [5.74, 6) is -0.290. The number of amides is 2. The van der Waals surface area contributed by atoms with Crippen LogP contribution in [-0.4, -0.2) is 35.8 Å². The second-order valence-corrected chi connectivity index (χ2v) is 7.27. The van der Waals surface area contributed by atoms with E-state index in [-0.39, 0.29) is 30.1 Å². The summed E-state index contributed by atoms with van der Waals surface area (Å²) in [6.45, 7) is 1.23. The van der Waals surface area contributed by atoms with Gasteiger partial charge in [-0.2, -0.15) is 0 Å². The largest absolute Gasteiger partial charge is 0.353 e. The zero-order valence-corrected chi connectivity index (χ0v) is 15.7. The van der Waals surface area contributed by atoms with Crippen molar-refractivity contribution in [3.05, 3.63) is 70.5 Å². The molecule has 1 aliphatic heterocycles. The molecule has 1 heterocycles. The Morgan fingerprint density at radius 3 is 2.15 bits per heavy atom. The molecule has 6 heteroatoms. The lowest BCUT2D eigenvalue weighted by atomic mass is 10.0. The molecule has 1 fully saturated rings. The molecule has 0 atom stereocenters. The van der Waals surface area contributed by atoms with Gasteiger partial charge in [0.25, 0.3) is 0 Å². The van der Waals surface area contributed by atoms with E-state index in [1.54, 1.807) is 24.3 Å². The average Bonchev–Trinajstić information content (AvgIpc) is 2.66. The molecule has 1 saturated heterocycles. The fourth-order valence-corrected chi connectivity index (χ4v) is 3.35. The first-order valence-corrected chi connectivity index (χ1v) is 9.43. The number of nitrogens with zero attached hydrogens (tertiary/aromatic N) is 1. The number of halogens is 2. The lowest BCUT2D eigenvalue weighted by Crippen LogP contribution is -2.47. The van der Waals surface area contributed by atoms with Crippen LogP contribution in [0.25, 0.3) is 0 Å². The standard InChI is InChI=1S/C21H22ClFN2O2/c22-17-5-1-15(2-6-17)13-20(26)24-19-9-11-25(12-10-19)21(27)14-16-3-7-18(23)8-4-16/h1-8,19H,9-14H2,(H,24,26). The molecule has 1 aliphatic rings. The van der Waals surface area contributed by atoms with Crippen molar-refractivity contribution < 1.29 is 14.0 Å². The van der Waals surface area contributed by atoms with E-state index in [4.69, 9.17) is 11.6 Å². The van der Waals surface area contributed by atoms with Gasteiger partial charge in [-0.25, -0.2) is 4.39 Å². The van der Waals surface area contributed by atoms with Crippen molar-refractivity contribution in [3.63, 3.8) is 0 Å². The molecule has 2 aromatic rings. The molecule has 2 aromatic carbocycles. The van der Waals surface area contributed by atoms with Crippen molar-refractivity contribution in [2.24, 2.45) is 0 Å². The van der Waals surface area contributed by atoms with E-state index >= 15 is 0 Å². The molecule has 27 heavy (non-hydrogen) atoms. The third-order valence-corrected chi connectivity index (χ3v) is 5.01. The van der Waals surface area contributed by atoms with Gasteiger partial charge in [0.2, 0.25) is 11.8 Å². The van der Waals surface area contributed by atoms with Crippen LogP contribution in [0.2, 0.25) is 5.02 Å². The van der Waals surface area contributed by atoms with Gasteiger partial charge in [0, 0.05) is 24.2 Å². The predicted molar refractivity (Wildman–Crippen MR) is 103 cm³/mol. The maximum absolute atomic E-state index is 12.9. The van der Waals surface area contributed by atoms with Gasteiger partial charge < -0.3 is 10.2 Å². The summed E-state index contributed by atoms with van der Waals surface area (Å²) in [5, 5.41) is 3.70. The monoisotopic (exact) mass is 388 g/mol. The van der Waals surface area contributed by atoms with Gasteiger partial charge in [0.1, 0.15) is 5.82 Å². The third kappa shape index (κ3) is 5.79. The Balaban J connectivity index is 1.42. The van der Waals surface area contributed by atoms with Crippen molar-refractivity contribution in [2.45, 2.75) is 31.7 Å². The Labute approximate surface area is 163 Å². The first-order chi connectivity index (χ1) is 13.0. The fourth-order valence-electron chi connectivity index (χ4n) is 3.23. The Morgan fingerprint density at radius 1 is 0.963 bits per heavy atom. The van der Waals surface area contributed by atoms with Gasteiger partial charge in [-0.15, -0.1) is 0 Å². The molecule has 0 aliphatic carbocycles. The van der Waals surface area contributed by atoms with E-state index in [9.17, 15) is 14.0 Å². The minimum atomic E-state index is -0.304. The van der Waals surface area contributed by atoms with Crippen LogP contribution in [0.3, 0.4) is 0 Å². The van der Waals surface area contributed by atoms with Gasteiger partial charge in [-0.05, 0) is 48.2 Å². The summed E-state index contributed by atoms with van der Waals surface area (Å²) in [7, 11) is 0. The van der Waals surface area contributed by atoms with Crippen molar-refractivity contribution in [3.8, 4) is 0 Å². The molecule has 3 rings (SSSR count). The highest BCUT2D eigenvalue weighted by Gasteiger charge is 2.23. The number of likely N-dealkylation sites (tertiary alicyclic amines) is 1. The number of carbonyl (C=O) groups excluding carboxylic acids is 2. The highest BCUT2D eigenvalue weighted by atomic mass is 35.5. The van der Waals surface area contributed by atoms with Gasteiger partial charge in [0.15, 0.2) is 0 Å². The highest BCUT2D eigenvalue weighted by molar-refractivity contribution is 6.30. The van der Waals surface area contributed by atoms with E-state index < -0.39 is 0 Å². The van der Waals surface area contributed by atoms with Crippen molar-refractivity contribution in [1.29, 1.82) is 0 Å². The molecule has 4 nitrogen and oxygen atoms in total. The number of hydrogen-bond donors (Lipinski definition) is 1. The smallest absolute Gasteiger partial charge is 0.226 e. The SMILES string of the molecule is O=C(Cc1ccc(Cl)cc1)NC1CCN(C(=O)Cc2ccc(F)cc2)CC1. The molecule has 1 N–H and O–H groups in total. The van der Waals surface area contributed by atoms with Crippen molar-refractivity contribution in [1.82, 2.24) is 10.2 Å². The van der Waals surface area contributed by atoms with E-state index in [2.05, 4.69) is 5.32 Å². The number of benzene rings is 2. The molecule has 2 amide bonds. The summed E-state index contributed by atoms with van der Waals surface area (Å²) >= 11 is 5.85. The van der Waals surface area contributed by atoms with Crippen LogP contribution < -0.4 is 5.32 Å². The summed E-state index contributed by atoms with van der Waals surface area (Å²) in [5.41, 5.74) is 1.73. The lowest BCUT2D eigenvalue weighted by molar-refractivity contribution is -0.131. The Hall–Kier alpha value is -2.40. The number of carbonyl (C=O) groups is 2. The maximum Gasteiger partial charge on any atom is 0.226 e. The Morgan fingerprint density at radius 2 is 1.52 bits per heavy atom. The molecule has 0 bridgehead atoms. The summed E-state index contributed by atoms with van der Waals surface area (Å²) < 4.78 is 12.9. The second kappa shape index (κ2) is 9.00. The molecule has 142 valence electrons. The van der Waals surface area contributed by atoms with Crippen LogP contribution >= 0.6 is 11.6 Å². The van der Waals surface area contributed by atoms with Gasteiger partial charge in [-0.1, -0.05) is 35.9 Å². The molecule has 0 saturated carbocycles. The van der Waals surface area contributed by atoms with Gasteiger partial charge >= 0.3 is 0 Å². The third-order valence-electron chi connectivity index (χ3n) is 4.76. The van der Waals surface area contributed by atoms with E-state index in [0.717, 1.165) is 24.0 Å². The summed E-state index contributed by atoms with van der Waals surface area (Å²) in [6.07, 6.45) is 2.07. The minimum Gasteiger partial charge on any atom is -0.353 e. The zero-order chi connectivity index (χ0) is 19.2. The van der Waals surface area contributed by atoms with Crippen LogP contribution in [0.1, 0.15) is 24.0 Å². The predicted octanol–water partition coefficient (Wildman–Crippen LogP) is 3.37. The van der Waals surface area contributed by atoms with Crippen LogP contribution in [0, 0.1) is 5.82 Å². The van der Waals surface area contributed by atoms with Crippen molar-refractivity contribution >= 4 is 23.4 Å². The number of nitrogens with one attached hydrogen (secondary N) is 1. The number of piperidine rings is 1. The van der Waals surface area contributed by atoms with Crippen LogP contribution in [-0.2, 0) is 22.4 Å². The lowest BCUT2D eigenvalue weighted by Gasteiger charge is -2.32. The Kier molecular flexibility index (Phi) is 6.45. The van der Waals surface area contributed by atoms with E-state index in [1.165, 1.54) is 12.1 Å². The quantitative estimate of drug-likeness (QED) is 0.853. The molecule has 0 aromatic heterocycles. The van der Waals surface area contributed by atoms with Crippen molar-refractivity contribution in [2.75, 3.05) is 13.1 Å². The first-order valence-electron chi connectivity index (χ1n) is 9.05. The summed E-state index contributed by atoms with van der Waals surface area (Å²) in [6, 6.07) is 13.3. The maximum atomic E-state index is 12.9. The highest BCUT2D eigenvalue weighted by Crippen LogP contribution is 2.14. The molecular formula is C21H22ClFN2O2. The zero-order valence-electron chi connectivity index (χ0n) is 15.0. The van der Waals surface area contributed by atoms with E-state index in [1.807, 2.05) is 17.0 Å². The van der Waals surface area contributed by atoms with Crippen LogP contribution in [0.5, 0.6) is 0 Å². The molecule has 0 spiro atoms. The van der Waals surface area contributed by atoms with Crippen LogP contribution in [0.15, 0.2) is 48.5 Å². The van der Waals surface area contributed by atoms with Gasteiger partial charge in [0.05, 0.1) is 12.8 Å². The number of rotatable bonds is 5. The second-order valence-electron chi connectivity index (χ2n) is 6.83. The van der Waals surface area contributed by atoms with E-state index in [0.29, 0.717) is 24.5 Å². The topological polar surface area (TPSA) is 49.4 Å². The minimum absolute atomic E-state index is 0.0200. The average molecular weight is 389 g/mol. The van der Waals surface area contributed by atoms with Gasteiger partial charge in [-0.3, -0.25) is 9.59 Å². The number of hydrogen-bond acceptors (Lipinski definition) is 2. The van der Waals surface area contributed by atoms with Crippen LogP contribution in [0.4, 0.5) is 4.39 Å². The normalized spacial score (nSPS) is 14.8.